The van der Waals surface area contributed by atoms with Crippen LogP contribution in [0.2, 0.25) is 5.02 Å². The number of hydrogen-bond acceptors (Lipinski definition) is 2. The minimum absolute atomic E-state index is 0.224. The van der Waals surface area contributed by atoms with E-state index < -0.39 is 0 Å². The molecule has 1 aromatic carbocycles. The van der Waals surface area contributed by atoms with E-state index in [1.807, 2.05) is 12.1 Å². The van der Waals surface area contributed by atoms with Crippen LogP contribution in [-0.2, 0) is 4.79 Å². The number of carbonyl (C=O) groups is 1. The number of halogens is 1. The number of hydrogen-bond donors (Lipinski definition) is 0. The van der Waals surface area contributed by atoms with Gasteiger partial charge in [0.2, 0.25) is 0 Å². The average molecular weight is 211 g/mol. The molecule has 0 aliphatic heterocycles. The fourth-order valence-electron chi connectivity index (χ4n) is 1.36. The van der Waals surface area contributed by atoms with E-state index >= 15 is 0 Å². The van der Waals surface area contributed by atoms with Gasteiger partial charge in [0.05, 0.1) is 6.61 Å². The number of benzene rings is 1. The zero-order valence-electron chi connectivity index (χ0n) is 7.65. The zero-order chi connectivity index (χ0) is 9.97. The molecule has 1 saturated carbocycles. The van der Waals surface area contributed by atoms with Crippen LogP contribution in [0.4, 0.5) is 0 Å². The Bertz CT molecular complexity index is 321. The monoisotopic (exact) mass is 210 g/mol. The van der Waals surface area contributed by atoms with E-state index in [1.165, 1.54) is 0 Å². The lowest BCUT2D eigenvalue weighted by Gasteiger charge is -2.04. The highest BCUT2D eigenvalue weighted by Gasteiger charge is 2.37. The predicted molar refractivity (Wildman–Crippen MR) is 54.6 cm³/mol. The van der Waals surface area contributed by atoms with Crippen LogP contribution >= 0.6 is 11.6 Å². The largest absolute Gasteiger partial charge is 0.493 e. The normalized spacial score (nSPS) is 24.4. The Morgan fingerprint density at radius 1 is 1.43 bits per heavy atom. The SMILES string of the molecule is O=CC1CC1COc1ccc(Cl)cc1. The molecule has 3 heteroatoms. The summed E-state index contributed by atoms with van der Waals surface area (Å²) in [6, 6.07) is 7.25. The molecule has 0 saturated heterocycles. The number of ether oxygens (including phenoxy) is 1. The number of rotatable bonds is 4. The smallest absolute Gasteiger partial charge is 0.123 e. The molecule has 1 aromatic rings. The van der Waals surface area contributed by atoms with E-state index in [0.717, 1.165) is 18.5 Å². The van der Waals surface area contributed by atoms with Gasteiger partial charge < -0.3 is 9.53 Å². The Morgan fingerprint density at radius 2 is 2.14 bits per heavy atom. The van der Waals surface area contributed by atoms with Crippen molar-refractivity contribution in [1.29, 1.82) is 0 Å². The van der Waals surface area contributed by atoms with Crippen molar-refractivity contribution in [2.24, 2.45) is 11.8 Å². The molecule has 2 nitrogen and oxygen atoms in total. The summed E-state index contributed by atoms with van der Waals surface area (Å²) in [4.78, 5) is 10.4. The summed E-state index contributed by atoms with van der Waals surface area (Å²) in [5.41, 5.74) is 0. The molecule has 1 fully saturated rings. The quantitative estimate of drug-likeness (QED) is 0.714. The summed E-state index contributed by atoms with van der Waals surface area (Å²) in [7, 11) is 0. The maximum atomic E-state index is 10.4. The maximum absolute atomic E-state index is 10.4. The highest BCUT2D eigenvalue weighted by Crippen LogP contribution is 2.36. The minimum Gasteiger partial charge on any atom is -0.493 e. The highest BCUT2D eigenvalue weighted by molar-refractivity contribution is 6.30. The van der Waals surface area contributed by atoms with Crippen molar-refractivity contribution in [3.05, 3.63) is 29.3 Å². The second-order valence-electron chi connectivity index (χ2n) is 3.56. The molecule has 1 aliphatic rings. The lowest BCUT2D eigenvalue weighted by molar-refractivity contribution is -0.109. The van der Waals surface area contributed by atoms with Crippen LogP contribution in [0.5, 0.6) is 5.75 Å². The third-order valence-electron chi connectivity index (χ3n) is 2.43. The van der Waals surface area contributed by atoms with Crippen molar-refractivity contribution >= 4 is 17.9 Å². The fraction of sp³-hybridized carbons (Fsp3) is 0.364. The molecule has 2 unspecified atom stereocenters. The Morgan fingerprint density at radius 3 is 2.71 bits per heavy atom. The van der Waals surface area contributed by atoms with E-state index in [0.29, 0.717) is 17.5 Å². The molecule has 1 aliphatic carbocycles. The summed E-state index contributed by atoms with van der Waals surface area (Å²) in [6.45, 7) is 0.630. The zero-order valence-corrected chi connectivity index (χ0v) is 8.41. The Hall–Kier alpha value is -1.02. The van der Waals surface area contributed by atoms with Crippen molar-refractivity contribution in [3.63, 3.8) is 0 Å². The van der Waals surface area contributed by atoms with Crippen LogP contribution in [0.15, 0.2) is 24.3 Å². The van der Waals surface area contributed by atoms with Crippen molar-refractivity contribution < 1.29 is 9.53 Å². The first-order valence-electron chi connectivity index (χ1n) is 4.63. The van der Waals surface area contributed by atoms with Gasteiger partial charge in [0, 0.05) is 16.9 Å². The molecule has 0 spiro atoms. The van der Waals surface area contributed by atoms with Gasteiger partial charge in [-0.15, -0.1) is 0 Å². The van der Waals surface area contributed by atoms with Gasteiger partial charge in [-0.25, -0.2) is 0 Å². The summed E-state index contributed by atoms with van der Waals surface area (Å²) >= 11 is 5.73. The Kier molecular flexibility index (Phi) is 2.73. The highest BCUT2D eigenvalue weighted by atomic mass is 35.5. The lowest BCUT2D eigenvalue weighted by atomic mass is 10.3. The topological polar surface area (TPSA) is 26.3 Å². The molecule has 2 atom stereocenters. The molecular formula is C11H11ClO2. The molecule has 0 bridgehead atoms. The third kappa shape index (κ3) is 2.26. The second kappa shape index (κ2) is 4.01. The van der Waals surface area contributed by atoms with Gasteiger partial charge in [-0.2, -0.15) is 0 Å². The molecule has 2 rings (SSSR count). The van der Waals surface area contributed by atoms with E-state index in [4.69, 9.17) is 16.3 Å². The van der Waals surface area contributed by atoms with Crippen molar-refractivity contribution in [1.82, 2.24) is 0 Å². The van der Waals surface area contributed by atoms with Gasteiger partial charge in [0.1, 0.15) is 12.0 Å². The van der Waals surface area contributed by atoms with Gasteiger partial charge >= 0.3 is 0 Å². The standard InChI is InChI=1S/C11H11ClO2/c12-10-1-3-11(4-2-10)14-7-9-5-8(9)6-13/h1-4,6,8-9H,5,7H2. The van der Waals surface area contributed by atoms with Crippen LogP contribution in [0.25, 0.3) is 0 Å². The van der Waals surface area contributed by atoms with Crippen LogP contribution in [0.1, 0.15) is 6.42 Å². The van der Waals surface area contributed by atoms with Crippen LogP contribution in [-0.4, -0.2) is 12.9 Å². The molecule has 0 aromatic heterocycles. The molecular weight excluding hydrogens is 200 g/mol. The van der Waals surface area contributed by atoms with Gasteiger partial charge in [-0.3, -0.25) is 0 Å². The maximum Gasteiger partial charge on any atom is 0.123 e. The van der Waals surface area contributed by atoms with E-state index in [9.17, 15) is 4.79 Å². The Labute approximate surface area is 87.8 Å². The van der Waals surface area contributed by atoms with Crippen LogP contribution in [0, 0.1) is 11.8 Å². The predicted octanol–water partition coefficient (Wildman–Crippen LogP) is 2.55. The molecule has 14 heavy (non-hydrogen) atoms. The van der Waals surface area contributed by atoms with Gasteiger partial charge in [-0.1, -0.05) is 11.6 Å². The third-order valence-corrected chi connectivity index (χ3v) is 2.68. The summed E-state index contributed by atoms with van der Waals surface area (Å²) in [5.74, 6) is 1.46. The van der Waals surface area contributed by atoms with Crippen LogP contribution < -0.4 is 4.74 Å². The average Bonchev–Trinajstić information content (AvgIpc) is 2.96. The molecule has 74 valence electrons. The minimum atomic E-state index is 0.224. The van der Waals surface area contributed by atoms with Crippen molar-refractivity contribution in [3.8, 4) is 5.75 Å². The van der Waals surface area contributed by atoms with E-state index in [2.05, 4.69) is 0 Å². The first-order chi connectivity index (χ1) is 6.79. The van der Waals surface area contributed by atoms with Crippen molar-refractivity contribution in [2.75, 3.05) is 6.61 Å². The first kappa shape index (κ1) is 9.53. The number of aldehydes is 1. The first-order valence-corrected chi connectivity index (χ1v) is 5.01. The summed E-state index contributed by atoms with van der Waals surface area (Å²) < 4.78 is 5.50. The Balaban J connectivity index is 1.81. The van der Waals surface area contributed by atoms with Crippen molar-refractivity contribution in [2.45, 2.75) is 6.42 Å². The second-order valence-corrected chi connectivity index (χ2v) is 4.00. The number of carbonyl (C=O) groups excluding carboxylic acids is 1. The molecule has 0 N–H and O–H groups in total. The van der Waals surface area contributed by atoms with Gasteiger partial charge in [0.25, 0.3) is 0 Å². The van der Waals surface area contributed by atoms with Gasteiger partial charge in [0.15, 0.2) is 0 Å². The molecule has 0 amide bonds. The summed E-state index contributed by atoms with van der Waals surface area (Å²) in [6.07, 6.45) is 1.98. The summed E-state index contributed by atoms with van der Waals surface area (Å²) in [5, 5.41) is 0.703. The van der Waals surface area contributed by atoms with E-state index in [1.54, 1.807) is 12.1 Å². The van der Waals surface area contributed by atoms with E-state index in [-0.39, 0.29) is 5.92 Å². The van der Waals surface area contributed by atoms with Gasteiger partial charge in [-0.05, 0) is 30.7 Å². The van der Waals surface area contributed by atoms with Crippen LogP contribution in [0.3, 0.4) is 0 Å². The molecule has 0 radical (unpaired) electrons. The molecule has 0 heterocycles. The lowest BCUT2D eigenvalue weighted by Crippen LogP contribution is -2.01. The fourth-order valence-corrected chi connectivity index (χ4v) is 1.49.